The third-order valence-electron chi connectivity index (χ3n) is 3.58. The van der Waals surface area contributed by atoms with E-state index in [1.807, 2.05) is 30.3 Å². The Kier molecular flexibility index (Phi) is 3.68. The van der Waals surface area contributed by atoms with E-state index in [1.54, 1.807) is 11.1 Å². The van der Waals surface area contributed by atoms with Crippen LogP contribution in [0.25, 0.3) is 0 Å². The Bertz CT molecular complexity index is 624. The number of aromatic amines is 1. The van der Waals surface area contributed by atoms with Gasteiger partial charge in [0.15, 0.2) is 0 Å². The van der Waals surface area contributed by atoms with Crippen LogP contribution in [0.5, 0.6) is 0 Å². The third-order valence-corrected chi connectivity index (χ3v) is 3.58. The molecule has 1 fully saturated rings. The summed E-state index contributed by atoms with van der Waals surface area (Å²) in [5.74, 6) is 0.0617. The van der Waals surface area contributed by atoms with E-state index >= 15 is 0 Å². The summed E-state index contributed by atoms with van der Waals surface area (Å²) >= 11 is 0. The molecule has 0 spiro atoms. The standard InChI is InChI=1S/C15H16N4O2/c20-14-6-11(7-16-15(21)12-8-17-18-9-12)10-19(14)13-4-2-1-3-5-13/h1-5,8-9,11H,6-7,10H2,(H,16,21)(H,17,18)/t11-/m1/s1. The van der Waals surface area contributed by atoms with Gasteiger partial charge in [-0.3, -0.25) is 14.7 Å². The number of carbonyl (C=O) groups is 2. The molecule has 0 unspecified atom stereocenters. The van der Waals surface area contributed by atoms with E-state index in [1.165, 1.54) is 6.20 Å². The van der Waals surface area contributed by atoms with Crippen molar-refractivity contribution in [3.05, 3.63) is 48.3 Å². The Hall–Kier alpha value is -2.63. The molecule has 2 aromatic rings. The first-order chi connectivity index (χ1) is 10.2. The van der Waals surface area contributed by atoms with Crippen molar-refractivity contribution in [1.82, 2.24) is 15.5 Å². The van der Waals surface area contributed by atoms with E-state index in [4.69, 9.17) is 0 Å². The van der Waals surface area contributed by atoms with Gasteiger partial charge in [0.2, 0.25) is 5.91 Å². The van der Waals surface area contributed by atoms with Crippen LogP contribution in [0.2, 0.25) is 0 Å². The van der Waals surface area contributed by atoms with Crippen LogP contribution >= 0.6 is 0 Å². The second-order valence-corrected chi connectivity index (χ2v) is 5.11. The molecule has 6 nitrogen and oxygen atoms in total. The number of nitrogens with zero attached hydrogens (tertiary/aromatic N) is 2. The van der Waals surface area contributed by atoms with Gasteiger partial charge in [0.1, 0.15) is 0 Å². The fourth-order valence-corrected chi connectivity index (χ4v) is 2.49. The molecule has 0 saturated carbocycles. The molecule has 1 atom stereocenters. The number of carbonyl (C=O) groups excluding carboxylic acids is 2. The summed E-state index contributed by atoms with van der Waals surface area (Å²) in [5, 5.41) is 9.18. The Morgan fingerprint density at radius 1 is 1.38 bits per heavy atom. The first-order valence-corrected chi connectivity index (χ1v) is 6.86. The van der Waals surface area contributed by atoms with Crippen molar-refractivity contribution in [2.45, 2.75) is 6.42 Å². The lowest BCUT2D eigenvalue weighted by atomic mass is 10.1. The Balaban J connectivity index is 1.57. The van der Waals surface area contributed by atoms with Crippen LogP contribution in [-0.4, -0.2) is 35.1 Å². The highest BCUT2D eigenvalue weighted by molar-refractivity contribution is 5.96. The summed E-state index contributed by atoms with van der Waals surface area (Å²) in [6, 6.07) is 9.59. The highest BCUT2D eigenvalue weighted by atomic mass is 16.2. The minimum Gasteiger partial charge on any atom is -0.352 e. The average Bonchev–Trinajstić information content (AvgIpc) is 3.15. The molecular formula is C15H16N4O2. The van der Waals surface area contributed by atoms with Gasteiger partial charge in [0.25, 0.3) is 5.91 Å². The molecule has 21 heavy (non-hydrogen) atoms. The van der Waals surface area contributed by atoms with Gasteiger partial charge in [-0.05, 0) is 12.1 Å². The van der Waals surface area contributed by atoms with E-state index in [9.17, 15) is 9.59 Å². The van der Waals surface area contributed by atoms with Gasteiger partial charge < -0.3 is 10.2 Å². The molecule has 2 N–H and O–H groups in total. The van der Waals surface area contributed by atoms with Gasteiger partial charge in [-0.2, -0.15) is 5.10 Å². The molecule has 2 heterocycles. The maximum Gasteiger partial charge on any atom is 0.254 e. The monoisotopic (exact) mass is 284 g/mol. The van der Waals surface area contributed by atoms with Crippen molar-refractivity contribution < 1.29 is 9.59 Å². The zero-order valence-electron chi connectivity index (χ0n) is 11.5. The number of amides is 2. The van der Waals surface area contributed by atoms with Gasteiger partial charge >= 0.3 is 0 Å². The molecule has 1 aliphatic rings. The minimum absolute atomic E-state index is 0.101. The summed E-state index contributed by atoms with van der Waals surface area (Å²) in [5.41, 5.74) is 1.41. The van der Waals surface area contributed by atoms with Crippen LogP contribution in [0.4, 0.5) is 5.69 Å². The van der Waals surface area contributed by atoms with Crippen LogP contribution in [0.15, 0.2) is 42.7 Å². The number of nitrogens with one attached hydrogen (secondary N) is 2. The molecule has 0 aliphatic carbocycles. The van der Waals surface area contributed by atoms with E-state index in [0.29, 0.717) is 25.1 Å². The van der Waals surface area contributed by atoms with Crippen molar-refractivity contribution in [2.24, 2.45) is 5.92 Å². The Labute approximate surface area is 122 Å². The number of aromatic nitrogens is 2. The van der Waals surface area contributed by atoms with E-state index < -0.39 is 0 Å². The summed E-state index contributed by atoms with van der Waals surface area (Å²) in [4.78, 5) is 25.7. The smallest absolute Gasteiger partial charge is 0.254 e. The van der Waals surface area contributed by atoms with E-state index in [-0.39, 0.29) is 17.7 Å². The second-order valence-electron chi connectivity index (χ2n) is 5.11. The van der Waals surface area contributed by atoms with E-state index in [0.717, 1.165) is 5.69 Å². The lowest BCUT2D eigenvalue weighted by molar-refractivity contribution is -0.117. The predicted molar refractivity (Wildman–Crippen MR) is 77.8 cm³/mol. The fourth-order valence-electron chi connectivity index (χ4n) is 2.49. The average molecular weight is 284 g/mol. The topological polar surface area (TPSA) is 78.1 Å². The zero-order valence-corrected chi connectivity index (χ0v) is 11.5. The maximum atomic E-state index is 12.1. The normalized spacial score (nSPS) is 18.0. The van der Waals surface area contributed by atoms with Crippen molar-refractivity contribution in [3.63, 3.8) is 0 Å². The number of anilines is 1. The number of benzene rings is 1. The zero-order chi connectivity index (χ0) is 14.7. The molecule has 6 heteroatoms. The third kappa shape index (κ3) is 2.94. The van der Waals surface area contributed by atoms with Crippen LogP contribution in [0.1, 0.15) is 16.8 Å². The van der Waals surface area contributed by atoms with Crippen molar-refractivity contribution in [1.29, 1.82) is 0 Å². The minimum atomic E-state index is -0.172. The molecule has 1 aliphatic heterocycles. The van der Waals surface area contributed by atoms with Gasteiger partial charge in [-0.1, -0.05) is 18.2 Å². The SMILES string of the molecule is O=C(NC[C@H]1CC(=O)N(c2ccccc2)C1)c1cn[nH]c1. The van der Waals surface area contributed by atoms with Crippen LogP contribution < -0.4 is 10.2 Å². The van der Waals surface area contributed by atoms with Gasteiger partial charge in [0, 0.05) is 37.3 Å². The predicted octanol–water partition coefficient (Wildman–Crippen LogP) is 1.19. The molecule has 1 aromatic heterocycles. The quantitative estimate of drug-likeness (QED) is 0.885. The second kappa shape index (κ2) is 5.78. The molecule has 2 amide bonds. The first-order valence-electron chi connectivity index (χ1n) is 6.86. The number of hydrogen-bond donors (Lipinski definition) is 2. The van der Waals surface area contributed by atoms with Crippen LogP contribution in [-0.2, 0) is 4.79 Å². The Morgan fingerprint density at radius 2 is 2.19 bits per heavy atom. The van der Waals surface area contributed by atoms with Crippen LogP contribution in [0, 0.1) is 5.92 Å². The number of H-pyrrole nitrogens is 1. The molecule has 0 bridgehead atoms. The molecule has 0 radical (unpaired) electrons. The summed E-state index contributed by atoms with van der Waals surface area (Å²) in [7, 11) is 0. The molecule has 1 aromatic carbocycles. The molecular weight excluding hydrogens is 268 g/mol. The summed E-state index contributed by atoms with van der Waals surface area (Å²) in [6.45, 7) is 1.12. The fraction of sp³-hybridized carbons (Fsp3) is 0.267. The largest absolute Gasteiger partial charge is 0.352 e. The van der Waals surface area contributed by atoms with Gasteiger partial charge in [0.05, 0.1) is 11.8 Å². The summed E-state index contributed by atoms with van der Waals surface area (Å²) in [6.07, 6.45) is 3.48. The van der Waals surface area contributed by atoms with Gasteiger partial charge in [-0.25, -0.2) is 0 Å². The molecule has 3 rings (SSSR count). The number of rotatable bonds is 4. The van der Waals surface area contributed by atoms with Crippen LogP contribution in [0.3, 0.4) is 0 Å². The highest BCUT2D eigenvalue weighted by Gasteiger charge is 2.30. The number of hydrogen-bond acceptors (Lipinski definition) is 3. The van der Waals surface area contributed by atoms with Crippen molar-refractivity contribution in [2.75, 3.05) is 18.0 Å². The lowest BCUT2D eigenvalue weighted by Crippen LogP contribution is -2.31. The lowest BCUT2D eigenvalue weighted by Gasteiger charge is -2.16. The van der Waals surface area contributed by atoms with Crippen molar-refractivity contribution >= 4 is 17.5 Å². The van der Waals surface area contributed by atoms with Crippen molar-refractivity contribution in [3.8, 4) is 0 Å². The van der Waals surface area contributed by atoms with Gasteiger partial charge in [-0.15, -0.1) is 0 Å². The molecule has 108 valence electrons. The first kappa shape index (κ1) is 13.4. The molecule has 1 saturated heterocycles. The van der Waals surface area contributed by atoms with E-state index in [2.05, 4.69) is 15.5 Å². The number of para-hydroxylation sites is 1. The highest BCUT2D eigenvalue weighted by Crippen LogP contribution is 2.24. The summed E-state index contributed by atoms with van der Waals surface area (Å²) < 4.78 is 0. The Morgan fingerprint density at radius 3 is 2.90 bits per heavy atom. The maximum absolute atomic E-state index is 12.1.